The van der Waals surface area contributed by atoms with Crippen LogP contribution in [0, 0.1) is 12.3 Å². The van der Waals surface area contributed by atoms with E-state index in [1.54, 1.807) is 24.3 Å². The van der Waals surface area contributed by atoms with Crippen LogP contribution in [0.4, 0.5) is 5.69 Å². The Bertz CT molecular complexity index is 960. The normalized spacial score (nSPS) is 12.3. The molecule has 0 bridgehead atoms. The predicted octanol–water partition coefficient (Wildman–Crippen LogP) is 3.92. The molecule has 0 aliphatic carbocycles. The smallest absolute Gasteiger partial charge is 0.329 e. The van der Waals surface area contributed by atoms with Crippen molar-refractivity contribution in [3.05, 3.63) is 71.0 Å². The van der Waals surface area contributed by atoms with Crippen molar-refractivity contribution in [2.45, 2.75) is 38.8 Å². The van der Waals surface area contributed by atoms with Gasteiger partial charge in [-0.15, -0.1) is 18.0 Å². The summed E-state index contributed by atoms with van der Waals surface area (Å²) in [6.07, 6.45) is 5.29. The molecule has 0 aliphatic rings. The molecule has 0 heterocycles. The number of aliphatic imine (C=N–C) groups is 1. The third-order valence-corrected chi connectivity index (χ3v) is 4.10. The Morgan fingerprint density at radius 1 is 1.13 bits per heavy atom. The van der Waals surface area contributed by atoms with Crippen molar-refractivity contribution in [2.75, 3.05) is 6.54 Å². The molecule has 2 aromatic rings. The van der Waals surface area contributed by atoms with Gasteiger partial charge in [0, 0.05) is 40.6 Å². The summed E-state index contributed by atoms with van der Waals surface area (Å²) in [5, 5.41) is 16.9. The molecule has 1 atom stereocenters. The maximum atomic E-state index is 12.4. The first-order valence-corrected chi connectivity index (χ1v) is 9.60. The SMILES string of the molecule is C#CCC(N=C(c1ccccc1)c1ccccc1[N-]C(=O)CNC(C)(C)C)C(=O)O.[Ni]. The summed E-state index contributed by atoms with van der Waals surface area (Å²) in [5.41, 5.74) is 1.91. The summed E-state index contributed by atoms with van der Waals surface area (Å²) < 4.78 is 0. The van der Waals surface area contributed by atoms with E-state index >= 15 is 0 Å². The van der Waals surface area contributed by atoms with Crippen LogP contribution in [0.2, 0.25) is 0 Å². The predicted molar refractivity (Wildman–Crippen MR) is 119 cm³/mol. The minimum absolute atomic E-state index is 0. The molecule has 166 valence electrons. The Morgan fingerprint density at radius 2 is 1.74 bits per heavy atom. The quantitative estimate of drug-likeness (QED) is 0.353. The van der Waals surface area contributed by atoms with Crippen molar-refractivity contribution in [1.82, 2.24) is 5.32 Å². The molecule has 1 amide bonds. The van der Waals surface area contributed by atoms with Crippen LogP contribution in [-0.4, -0.2) is 40.8 Å². The van der Waals surface area contributed by atoms with Crippen molar-refractivity contribution >= 4 is 23.3 Å². The fraction of sp³-hybridized carbons (Fsp3) is 0.292. The van der Waals surface area contributed by atoms with Gasteiger partial charge < -0.3 is 20.5 Å². The number of para-hydroxylation sites is 1. The first-order chi connectivity index (χ1) is 14.2. The average molecular weight is 463 g/mol. The fourth-order valence-corrected chi connectivity index (χ4v) is 2.64. The number of carbonyl (C=O) groups excluding carboxylic acids is 1. The van der Waals surface area contributed by atoms with Crippen molar-refractivity contribution < 1.29 is 31.2 Å². The molecule has 2 aromatic carbocycles. The van der Waals surface area contributed by atoms with Gasteiger partial charge in [0.15, 0.2) is 6.04 Å². The number of terminal acetylenes is 1. The van der Waals surface area contributed by atoms with Crippen LogP contribution < -0.4 is 5.32 Å². The second kappa shape index (κ2) is 12.0. The zero-order valence-electron chi connectivity index (χ0n) is 17.7. The van der Waals surface area contributed by atoms with Crippen LogP contribution in [0.3, 0.4) is 0 Å². The Balaban J connectivity index is 0.00000480. The number of carboxylic acid groups (broad SMARTS) is 1. The largest absolute Gasteiger partial charge is 0.625 e. The molecular weight excluding hydrogens is 437 g/mol. The first-order valence-electron chi connectivity index (χ1n) is 9.60. The van der Waals surface area contributed by atoms with E-state index in [2.05, 4.69) is 21.5 Å². The van der Waals surface area contributed by atoms with Crippen LogP contribution in [0.5, 0.6) is 0 Å². The second-order valence-electron chi connectivity index (χ2n) is 7.73. The molecular formula is C24H26N3NiO3-. The summed E-state index contributed by atoms with van der Waals surface area (Å²) in [6, 6.07) is 15.1. The summed E-state index contributed by atoms with van der Waals surface area (Å²) in [6.45, 7) is 5.98. The summed E-state index contributed by atoms with van der Waals surface area (Å²) in [5.74, 6) is 0.921. The molecule has 0 aromatic heterocycles. The average Bonchev–Trinajstić information content (AvgIpc) is 2.70. The van der Waals surface area contributed by atoms with Crippen LogP contribution in [0.25, 0.3) is 5.32 Å². The monoisotopic (exact) mass is 462 g/mol. The third-order valence-electron chi connectivity index (χ3n) is 4.10. The Hall–Kier alpha value is -2.94. The number of nitrogens with one attached hydrogen (secondary N) is 1. The molecule has 0 aliphatic heterocycles. The molecule has 2 rings (SSSR count). The number of nitrogens with zero attached hydrogens (tertiary/aromatic N) is 2. The maximum Gasteiger partial charge on any atom is 0.329 e. The van der Waals surface area contributed by atoms with E-state index in [-0.39, 0.29) is 40.9 Å². The molecule has 0 saturated heterocycles. The Morgan fingerprint density at radius 3 is 2.32 bits per heavy atom. The number of carbonyl (C=O) groups is 2. The minimum Gasteiger partial charge on any atom is -0.625 e. The Kier molecular flexibility index (Phi) is 10.1. The van der Waals surface area contributed by atoms with Crippen molar-refractivity contribution in [3.63, 3.8) is 0 Å². The van der Waals surface area contributed by atoms with Gasteiger partial charge in [-0.1, -0.05) is 54.6 Å². The topological polar surface area (TPSA) is 92.9 Å². The summed E-state index contributed by atoms with van der Waals surface area (Å²) >= 11 is 0. The van der Waals surface area contributed by atoms with Gasteiger partial charge in [0.1, 0.15) is 0 Å². The molecule has 31 heavy (non-hydrogen) atoms. The Labute approximate surface area is 193 Å². The second-order valence-corrected chi connectivity index (χ2v) is 7.73. The number of carboxylic acids is 1. The van der Waals surface area contributed by atoms with Crippen molar-refractivity contribution in [2.24, 2.45) is 4.99 Å². The molecule has 0 saturated carbocycles. The molecule has 1 unspecified atom stereocenters. The van der Waals surface area contributed by atoms with Gasteiger partial charge in [0.05, 0.1) is 11.6 Å². The van der Waals surface area contributed by atoms with Crippen LogP contribution >= 0.6 is 0 Å². The van der Waals surface area contributed by atoms with E-state index in [0.717, 1.165) is 0 Å². The standard InChI is InChI=1S/C24H27N3O3.Ni/c1-5-11-20(23(29)30)27-22(17-12-7-6-8-13-17)18-14-9-10-15-19(18)26-21(28)16-25-24(2,3)4;/h1,6-10,12-15,20,25H,11,16H2,2-4H3,(H2,26,27,28,29,30);/p-1. The van der Waals surface area contributed by atoms with Gasteiger partial charge in [-0.05, 0) is 26.3 Å². The molecule has 0 spiro atoms. The third kappa shape index (κ3) is 8.37. The number of hydrogen-bond acceptors (Lipinski definition) is 4. The number of benzene rings is 2. The molecule has 7 heteroatoms. The number of rotatable bonds is 8. The summed E-state index contributed by atoms with van der Waals surface area (Å²) in [7, 11) is 0. The fourth-order valence-electron chi connectivity index (χ4n) is 2.64. The van der Waals surface area contributed by atoms with Gasteiger partial charge in [-0.2, -0.15) is 0 Å². The first kappa shape index (κ1) is 26.1. The van der Waals surface area contributed by atoms with Crippen LogP contribution in [0.1, 0.15) is 38.3 Å². The van der Waals surface area contributed by atoms with Gasteiger partial charge >= 0.3 is 5.97 Å². The van der Waals surface area contributed by atoms with E-state index in [0.29, 0.717) is 22.5 Å². The van der Waals surface area contributed by atoms with Gasteiger partial charge in [0.2, 0.25) is 0 Å². The van der Waals surface area contributed by atoms with E-state index in [1.807, 2.05) is 51.1 Å². The molecule has 6 nitrogen and oxygen atoms in total. The summed E-state index contributed by atoms with van der Waals surface area (Å²) in [4.78, 5) is 28.5. The number of amides is 1. The molecule has 0 fully saturated rings. The van der Waals surface area contributed by atoms with Gasteiger partial charge in [-0.25, -0.2) is 4.79 Å². The molecule has 0 radical (unpaired) electrons. The van der Waals surface area contributed by atoms with E-state index in [4.69, 9.17) is 6.42 Å². The van der Waals surface area contributed by atoms with Gasteiger partial charge in [0.25, 0.3) is 0 Å². The minimum atomic E-state index is -1.11. The zero-order valence-corrected chi connectivity index (χ0v) is 18.7. The zero-order chi connectivity index (χ0) is 22.1. The van der Waals surface area contributed by atoms with Crippen molar-refractivity contribution in [1.29, 1.82) is 0 Å². The van der Waals surface area contributed by atoms with E-state index < -0.39 is 12.0 Å². The van der Waals surface area contributed by atoms with Gasteiger partial charge in [-0.3, -0.25) is 4.99 Å². The van der Waals surface area contributed by atoms with E-state index in [1.165, 1.54) is 0 Å². The van der Waals surface area contributed by atoms with E-state index in [9.17, 15) is 14.7 Å². The number of hydrogen-bond donors (Lipinski definition) is 2. The number of aliphatic carboxylic acids is 1. The maximum absolute atomic E-state index is 12.4. The molecule has 2 N–H and O–H groups in total. The van der Waals surface area contributed by atoms with Crippen molar-refractivity contribution in [3.8, 4) is 12.3 Å². The van der Waals surface area contributed by atoms with Crippen LogP contribution in [0.15, 0.2) is 59.6 Å². The van der Waals surface area contributed by atoms with Crippen LogP contribution in [-0.2, 0) is 26.1 Å².